The second kappa shape index (κ2) is 10.7. The molecule has 6 atom stereocenters. The van der Waals surface area contributed by atoms with Crippen LogP contribution in [-0.4, -0.2) is 86.7 Å². The number of aromatic hydroxyl groups is 2. The number of halogens is 1. The number of ketones is 3. The quantitative estimate of drug-likeness (QED) is 0.227. The zero-order valence-electron chi connectivity index (χ0n) is 21.6. The van der Waals surface area contributed by atoms with Crippen LogP contribution in [0.2, 0.25) is 0 Å². The SMILES string of the molecule is COc1cccc2c1C(=O)c1c(O)c3c(c(O)c1C2=O)C[C@](O)(C(=O)CO)C[C@H]3OC1CC(N)C(O)C(C)O1.Cl. The van der Waals surface area contributed by atoms with Gasteiger partial charge in [0.05, 0.1) is 42.1 Å². The Morgan fingerprint density at radius 1 is 1.15 bits per heavy atom. The van der Waals surface area contributed by atoms with Crippen LogP contribution in [0, 0.1) is 0 Å². The van der Waals surface area contributed by atoms with Gasteiger partial charge in [0, 0.05) is 42.0 Å². The van der Waals surface area contributed by atoms with Crippen LogP contribution in [0.15, 0.2) is 18.2 Å². The second-order valence-corrected chi connectivity index (χ2v) is 10.2. The van der Waals surface area contributed by atoms with Crippen LogP contribution in [0.1, 0.15) is 68.8 Å². The molecule has 2 aromatic carbocycles. The molecule has 0 saturated carbocycles. The van der Waals surface area contributed by atoms with Crippen LogP contribution in [0.25, 0.3) is 0 Å². The number of hydrogen-bond donors (Lipinski definition) is 6. The number of ether oxygens (including phenoxy) is 3. The van der Waals surface area contributed by atoms with Gasteiger partial charge in [0.1, 0.15) is 29.5 Å². The van der Waals surface area contributed by atoms with Gasteiger partial charge in [-0.1, -0.05) is 12.1 Å². The largest absolute Gasteiger partial charge is 0.507 e. The van der Waals surface area contributed by atoms with Crippen LogP contribution in [0.4, 0.5) is 0 Å². The van der Waals surface area contributed by atoms with E-state index in [4.69, 9.17) is 19.9 Å². The molecule has 5 rings (SSSR count). The van der Waals surface area contributed by atoms with Crippen molar-refractivity contribution in [2.24, 2.45) is 5.73 Å². The number of rotatable bonds is 5. The van der Waals surface area contributed by atoms with Crippen molar-refractivity contribution in [2.75, 3.05) is 13.7 Å². The van der Waals surface area contributed by atoms with E-state index in [9.17, 15) is 39.9 Å². The Morgan fingerprint density at radius 2 is 1.82 bits per heavy atom. The number of carbonyl (C=O) groups excluding carboxylic acids is 3. The first-order chi connectivity index (χ1) is 18.4. The topological polar surface area (TPSA) is 206 Å². The van der Waals surface area contributed by atoms with Crippen molar-refractivity contribution in [3.05, 3.63) is 51.6 Å². The van der Waals surface area contributed by atoms with Crippen molar-refractivity contribution < 1.29 is 54.1 Å². The van der Waals surface area contributed by atoms with Crippen LogP contribution < -0.4 is 10.5 Å². The molecule has 1 aliphatic heterocycles. The Bertz CT molecular complexity index is 1380. The maximum atomic E-state index is 13.6. The van der Waals surface area contributed by atoms with Crippen molar-refractivity contribution in [1.82, 2.24) is 0 Å². The minimum atomic E-state index is -2.24. The molecule has 1 heterocycles. The summed E-state index contributed by atoms with van der Waals surface area (Å²) >= 11 is 0. The van der Waals surface area contributed by atoms with Crippen LogP contribution in [0.3, 0.4) is 0 Å². The van der Waals surface area contributed by atoms with Crippen molar-refractivity contribution in [2.45, 2.75) is 62.4 Å². The van der Waals surface area contributed by atoms with E-state index < -0.39 is 95.7 Å². The lowest BCUT2D eigenvalue weighted by Gasteiger charge is -2.42. The highest BCUT2D eigenvalue weighted by Gasteiger charge is 2.50. The number of carbonyl (C=O) groups is 3. The molecule has 0 amide bonds. The van der Waals surface area contributed by atoms with Crippen molar-refractivity contribution in [3.63, 3.8) is 0 Å². The van der Waals surface area contributed by atoms with Crippen molar-refractivity contribution in [1.29, 1.82) is 0 Å². The zero-order valence-corrected chi connectivity index (χ0v) is 22.4. The summed E-state index contributed by atoms with van der Waals surface area (Å²) in [5.74, 6) is -3.77. The lowest BCUT2D eigenvalue weighted by Crippen LogP contribution is -2.53. The number of benzene rings is 2. The predicted octanol–water partition coefficient (Wildman–Crippen LogP) is 0.423. The first-order valence-electron chi connectivity index (χ1n) is 12.4. The Hall–Kier alpha value is -3.10. The molecular weight excluding hydrogens is 550 g/mol. The minimum Gasteiger partial charge on any atom is -0.507 e. The molecule has 4 unspecified atom stereocenters. The van der Waals surface area contributed by atoms with Crippen LogP contribution in [-0.2, 0) is 20.7 Å². The molecule has 40 heavy (non-hydrogen) atoms. The van der Waals surface area contributed by atoms with Gasteiger partial charge in [-0.05, 0) is 13.0 Å². The van der Waals surface area contributed by atoms with Gasteiger partial charge in [-0.25, -0.2) is 0 Å². The maximum absolute atomic E-state index is 13.6. The summed E-state index contributed by atoms with van der Waals surface area (Å²) in [6.07, 6.45) is -5.12. The fourth-order valence-electron chi connectivity index (χ4n) is 5.75. The first-order valence-corrected chi connectivity index (χ1v) is 12.4. The average molecular weight is 580 g/mol. The van der Waals surface area contributed by atoms with E-state index in [1.54, 1.807) is 6.92 Å². The number of hydrogen-bond acceptors (Lipinski definition) is 12. The number of nitrogens with two attached hydrogens (primary N) is 1. The van der Waals surface area contributed by atoms with Gasteiger partial charge >= 0.3 is 0 Å². The van der Waals surface area contributed by atoms with E-state index in [2.05, 4.69) is 0 Å². The highest BCUT2D eigenvalue weighted by Crippen LogP contribution is 2.52. The molecule has 1 fully saturated rings. The smallest absolute Gasteiger partial charge is 0.202 e. The Kier molecular flexibility index (Phi) is 8.00. The lowest BCUT2D eigenvalue weighted by atomic mass is 9.72. The van der Waals surface area contributed by atoms with Crippen LogP contribution in [0.5, 0.6) is 17.2 Å². The molecule has 0 bridgehead atoms. The monoisotopic (exact) mass is 579 g/mol. The molecule has 7 N–H and O–H groups in total. The van der Waals surface area contributed by atoms with E-state index in [-0.39, 0.29) is 46.8 Å². The summed E-state index contributed by atoms with van der Waals surface area (Å²) in [4.78, 5) is 39.7. The summed E-state index contributed by atoms with van der Waals surface area (Å²) in [5.41, 5.74) is 2.37. The number of aliphatic hydroxyl groups excluding tert-OH is 2. The fourth-order valence-corrected chi connectivity index (χ4v) is 5.75. The third-order valence-electron chi connectivity index (χ3n) is 7.81. The van der Waals surface area contributed by atoms with Gasteiger partial charge in [-0.2, -0.15) is 0 Å². The molecule has 2 aliphatic carbocycles. The molecule has 1 saturated heterocycles. The van der Waals surface area contributed by atoms with E-state index in [1.807, 2.05) is 0 Å². The number of phenolic OH excluding ortho intramolecular Hbond substituents is 2. The van der Waals surface area contributed by atoms with Gasteiger partial charge in [0.15, 0.2) is 17.9 Å². The van der Waals surface area contributed by atoms with Gasteiger partial charge in [-0.15, -0.1) is 12.4 Å². The number of aliphatic hydroxyl groups is 3. The summed E-state index contributed by atoms with van der Waals surface area (Å²) in [6.45, 7) is 0.560. The molecule has 12 nitrogen and oxygen atoms in total. The normalized spacial score (nSPS) is 29.1. The van der Waals surface area contributed by atoms with E-state index >= 15 is 0 Å². The zero-order chi connectivity index (χ0) is 28.4. The van der Waals surface area contributed by atoms with E-state index in [0.717, 1.165) is 0 Å². The molecule has 0 radical (unpaired) electrons. The molecule has 2 aromatic rings. The van der Waals surface area contributed by atoms with Gasteiger partial charge in [-0.3, -0.25) is 14.4 Å². The minimum absolute atomic E-state index is 0. The third kappa shape index (κ3) is 4.45. The molecule has 0 aromatic heterocycles. The van der Waals surface area contributed by atoms with Crippen molar-refractivity contribution >= 4 is 29.8 Å². The number of methoxy groups -OCH3 is 1. The molecule has 216 valence electrons. The number of phenols is 2. The number of fused-ring (bicyclic) bond motifs is 3. The Labute approximate surface area is 234 Å². The van der Waals surface area contributed by atoms with E-state index in [1.165, 1.54) is 25.3 Å². The first kappa shape index (κ1) is 29.9. The molecule has 3 aliphatic rings. The van der Waals surface area contributed by atoms with Gasteiger partial charge < -0.3 is 45.5 Å². The van der Waals surface area contributed by atoms with Crippen LogP contribution >= 0.6 is 12.4 Å². The highest BCUT2D eigenvalue weighted by atomic mass is 35.5. The predicted molar refractivity (Wildman–Crippen MR) is 139 cm³/mol. The van der Waals surface area contributed by atoms with Crippen molar-refractivity contribution in [3.8, 4) is 17.2 Å². The van der Waals surface area contributed by atoms with Gasteiger partial charge in [0.25, 0.3) is 0 Å². The Balaban J connectivity index is 0.00000370. The second-order valence-electron chi connectivity index (χ2n) is 10.2. The molecule has 13 heteroatoms. The summed E-state index contributed by atoms with van der Waals surface area (Å²) in [7, 11) is 1.32. The molecule has 0 spiro atoms. The number of Topliss-reactive ketones (excluding diaryl/α,β-unsaturated/α-hetero) is 1. The molecular formula is C27H30ClNO11. The summed E-state index contributed by atoms with van der Waals surface area (Å²) in [5, 5.41) is 53.7. The van der Waals surface area contributed by atoms with Gasteiger partial charge in [0.2, 0.25) is 5.78 Å². The summed E-state index contributed by atoms with van der Waals surface area (Å²) in [6, 6.07) is 3.64. The maximum Gasteiger partial charge on any atom is 0.202 e. The average Bonchev–Trinajstić information content (AvgIpc) is 2.90. The summed E-state index contributed by atoms with van der Waals surface area (Å²) < 4.78 is 17.0. The lowest BCUT2D eigenvalue weighted by molar-refractivity contribution is -0.247. The Morgan fingerprint density at radius 3 is 2.45 bits per heavy atom. The third-order valence-corrected chi connectivity index (χ3v) is 7.81. The fraction of sp³-hybridized carbons (Fsp3) is 0.444. The highest BCUT2D eigenvalue weighted by molar-refractivity contribution is 6.31. The van der Waals surface area contributed by atoms with E-state index in [0.29, 0.717) is 0 Å². The standard InChI is InChI=1S/C27H29NO11.ClH/c1-10-22(31)13(28)6-17(38-10)39-15-8-27(36,16(30)9-29)7-12-19(15)26(35)21-20(24(12)33)23(32)11-4-3-5-14(37-2)18(11)25(21)34;/h3-5,10,13,15,17,22,29,31,33,35-36H,6-9,28H2,1-2H3;1H/t10?,13?,15-,17?,22?,27-;/m1./s1.